The van der Waals surface area contributed by atoms with E-state index in [2.05, 4.69) is 40.0 Å². The second kappa shape index (κ2) is 10.9. The first-order chi connectivity index (χ1) is 16.9. The standard InChI is InChI=1S/C26H28N4O5/c1-17(7-6-12-25(32)33)28-24(31)15-30-14-18(13-27-30)29-26(34)35-16-23-21-10-4-2-8-19(21)20-9-3-5-11-22(20)23/h2-5,8-11,13-14,17,23H,6-7,12,15-16H2,1H3,(H,28,31)(H,29,34)(H,32,33). The van der Waals surface area contributed by atoms with Crippen molar-refractivity contribution in [3.8, 4) is 11.1 Å². The van der Waals surface area contributed by atoms with Crippen LogP contribution in [-0.4, -0.2) is 45.5 Å². The van der Waals surface area contributed by atoms with Crippen LogP contribution in [0.3, 0.4) is 0 Å². The molecule has 1 aliphatic rings. The quantitative estimate of drug-likeness (QED) is 0.406. The van der Waals surface area contributed by atoms with Gasteiger partial charge in [0.05, 0.1) is 11.9 Å². The monoisotopic (exact) mass is 476 g/mol. The highest BCUT2D eigenvalue weighted by molar-refractivity contribution is 5.85. The summed E-state index contributed by atoms with van der Waals surface area (Å²) >= 11 is 0. The molecule has 0 radical (unpaired) electrons. The summed E-state index contributed by atoms with van der Waals surface area (Å²) in [6, 6.07) is 16.1. The number of nitrogens with zero attached hydrogens (tertiary/aromatic N) is 2. The first-order valence-electron chi connectivity index (χ1n) is 11.6. The highest BCUT2D eigenvalue weighted by Crippen LogP contribution is 2.44. The summed E-state index contributed by atoms with van der Waals surface area (Å²) in [6.45, 7) is 2.01. The lowest BCUT2D eigenvalue weighted by Crippen LogP contribution is -2.35. The summed E-state index contributed by atoms with van der Waals surface area (Å²) in [5.41, 5.74) is 5.01. The molecule has 4 rings (SSSR count). The molecular formula is C26H28N4O5. The zero-order valence-electron chi connectivity index (χ0n) is 19.4. The van der Waals surface area contributed by atoms with Gasteiger partial charge in [0.15, 0.2) is 0 Å². The highest BCUT2D eigenvalue weighted by Gasteiger charge is 2.29. The van der Waals surface area contributed by atoms with Crippen molar-refractivity contribution in [2.24, 2.45) is 0 Å². The maximum Gasteiger partial charge on any atom is 0.411 e. The van der Waals surface area contributed by atoms with Crippen LogP contribution in [0.4, 0.5) is 10.5 Å². The zero-order chi connectivity index (χ0) is 24.8. The number of carboxylic acid groups (broad SMARTS) is 1. The van der Waals surface area contributed by atoms with Gasteiger partial charge in [-0.1, -0.05) is 48.5 Å². The molecule has 35 heavy (non-hydrogen) atoms. The van der Waals surface area contributed by atoms with Gasteiger partial charge in [-0.05, 0) is 42.0 Å². The van der Waals surface area contributed by atoms with E-state index in [-0.39, 0.29) is 37.4 Å². The van der Waals surface area contributed by atoms with Crippen molar-refractivity contribution in [2.75, 3.05) is 11.9 Å². The van der Waals surface area contributed by atoms with E-state index in [1.807, 2.05) is 31.2 Å². The van der Waals surface area contributed by atoms with Crippen LogP contribution in [0, 0.1) is 0 Å². The Morgan fingerprint density at radius 2 is 1.74 bits per heavy atom. The number of fused-ring (bicyclic) bond motifs is 3. The number of benzene rings is 2. The molecule has 0 aliphatic heterocycles. The summed E-state index contributed by atoms with van der Waals surface area (Å²) in [5, 5.41) is 18.3. The third-order valence-electron chi connectivity index (χ3n) is 5.96. The maximum atomic E-state index is 12.4. The molecule has 0 saturated heterocycles. The summed E-state index contributed by atoms with van der Waals surface area (Å²) in [7, 11) is 0. The van der Waals surface area contributed by atoms with Crippen LogP contribution in [-0.2, 0) is 20.9 Å². The lowest BCUT2D eigenvalue weighted by Gasteiger charge is -2.14. The molecule has 182 valence electrons. The molecule has 0 fully saturated rings. The molecule has 3 N–H and O–H groups in total. The number of hydrogen-bond acceptors (Lipinski definition) is 5. The smallest absolute Gasteiger partial charge is 0.411 e. The van der Waals surface area contributed by atoms with Gasteiger partial charge in [-0.3, -0.25) is 19.6 Å². The van der Waals surface area contributed by atoms with Gasteiger partial charge in [0.1, 0.15) is 13.2 Å². The van der Waals surface area contributed by atoms with Crippen LogP contribution in [0.25, 0.3) is 11.1 Å². The minimum Gasteiger partial charge on any atom is -0.481 e. The molecule has 2 aromatic carbocycles. The predicted molar refractivity (Wildman–Crippen MR) is 130 cm³/mol. The van der Waals surface area contributed by atoms with Crippen LogP contribution in [0.5, 0.6) is 0 Å². The topological polar surface area (TPSA) is 123 Å². The Bertz CT molecular complexity index is 1180. The van der Waals surface area contributed by atoms with Crippen LogP contribution in [0.1, 0.15) is 43.2 Å². The molecule has 1 unspecified atom stereocenters. The number of rotatable bonds is 10. The lowest BCUT2D eigenvalue weighted by atomic mass is 9.98. The maximum absolute atomic E-state index is 12.4. The van der Waals surface area contributed by atoms with E-state index in [1.165, 1.54) is 10.9 Å². The molecule has 1 aromatic heterocycles. The fraction of sp³-hybridized carbons (Fsp3) is 0.308. The van der Waals surface area contributed by atoms with Gasteiger partial charge in [-0.15, -0.1) is 0 Å². The molecule has 2 amide bonds. The first-order valence-corrected chi connectivity index (χ1v) is 11.6. The minimum atomic E-state index is -0.850. The molecule has 0 spiro atoms. The van der Waals surface area contributed by atoms with Crippen molar-refractivity contribution in [1.29, 1.82) is 0 Å². The van der Waals surface area contributed by atoms with E-state index in [4.69, 9.17) is 9.84 Å². The molecule has 1 heterocycles. The van der Waals surface area contributed by atoms with E-state index in [0.29, 0.717) is 18.5 Å². The molecule has 3 aromatic rings. The summed E-state index contributed by atoms with van der Waals surface area (Å²) in [4.78, 5) is 35.2. The van der Waals surface area contributed by atoms with Gasteiger partial charge < -0.3 is 15.2 Å². The van der Waals surface area contributed by atoms with Crippen LogP contribution >= 0.6 is 0 Å². The van der Waals surface area contributed by atoms with E-state index in [0.717, 1.165) is 22.3 Å². The predicted octanol–water partition coefficient (Wildman–Crippen LogP) is 4.00. The van der Waals surface area contributed by atoms with E-state index in [1.54, 1.807) is 6.20 Å². The Morgan fingerprint density at radius 3 is 2.40 bits per heavy atom. The van der Waals surface area contributed by atoms with Crippen LogP contribution < -0.4 is 10.6 Å². The Labute approximate surface area is 203 Å². The number of aromatic nitrogens is 2. The second-order valence-electron chi connectivity index (χ2n) is 8.63. The third-order valence-corrected chi connectivity index (χ3v) is 5.96. The molecule has 1 aliphatic carbocycles. The number of carboxylic acids is 1. The first kappa shape index (κ1) is 24.0. The van der Waals surface area contributed by atoms with E-state index >= 15 is 0 Å². The zero-order valence-corrected chi connectivity index (χ0v) is 19.4. The van der Waals surface area contributed by atoms with Crippen molar-refractivity contribution in [2.45, 2.75) is 44.7 Å². The number of anilines is 1. The third kappa shape index (κ3) is 6.06. The van der Waals surface area contributed by atoms with Gasteiger partial charge in [0.2, 0.25) is 5.91 Å². The Kier molecular flexibility index (Phi) is 7.45. The van der Waals surface area contributed by atoms with Crippen LogP contribution in [0.15, 0.2) is 60.9 Å². The number of nitrogens with one attached hydrogen (secondary N) is 2. The summed E-state index contributed by atoms with van der Waals surface area (Å²) in [6.07, 6.45) is 3.55. The summed E-state index contributed by atoms with van der Waals surface area (Å²) < 4.78 is 6.95. The molecule has 0 bridgehead atoms. The van der Waals surface area contributed by atoms with Crippen molar-refractivity contribution < 1.29 is 24.2 Å². The average molecular weight is 477 g/mol. The lowest BCUT2D eigenvalue weighted by molar-refractivity contribution is -0.137. The minimum absolute atomic E-state index is 0.0182. The van der Waals surface area contributed by atoms with Crippen molar-refractivity contribution in [3.63, 3.8) is 0 Å². The second-order valence-corrected chi connectivity index (χ2v) is 8.63. The van der Waals surface area contributed by atoms with Gasteiger partial charge in [-0.25, -0.2) is 4.79 Å². The van der Waals surface area contributed by atoms with Gasteiger partial charge in [0.25, 0.3) is 0 Å². The Morgan fingerprint density at radius 1 is 1.09 bits per heavy atom. The molecular weight excluding hydrogens is 448 g/mol. The largest absolute Gasteiger partial charge is 0.481 e. The molecule has 0 saturated carbocycles. The average Bonchev–Trinajstić information content (AvgIpc) is 3.39. The normalized spacial score (nSPS) is 12.9. The molecule has 1 atom stereocenters. The number of aliphatic carboxylic acids is 1. The van der Waals surface area contributed by atoms with Gasteiger partial charge in [-0.2, -0.15) is 5.10 Å². The van der Waals surface area contributed by atoms with Gasteiger partial charge in [0, 0.05) is 24.6 Å². The number of amides is 2. The summed E-state index contributed by atoms with van der Waals surface area (Å²) in [5.74, 6) is -1.13. The number of carbonyl (C=O) groups is 3. The molecule has 9 heteroatoms. The number of ether oxygens (including phenoxy) is 1. The van der Waals surface area contributed by atoms with Gasteiger partial charge >= 0.3 is 12.1 Å². The van der Waals surface area contributed by atoms with E-state index < -0.39 is 12.1 Å². The van der Waals surface area contributed by atoms with Crippen molar-refractivity contribution >= 4 is 23.7 Å². The fourth-order valence-corrected chi connectivity index (χ4v) is 4.37. The number of hydrogen-bond donors (Lipinski definition) is 3. The van der Waals surface area contributed by atoms with Crippen molar-refractivity contribution in [1.82, 2.24) is 15.1 Å². The molecule has 9 nitrogen and oxygen atoms in total. The number of carbonyl (C=O) groups excluding carboxylic acids is 2. The SMILES string of the molecule is CC(CCCC(=O)O)NC(=O)Cn1cc(NC(=O)OCC2c3ccccc3-c3ccccc32)cn1. The fourth-order valence-electron chi connectivity index (χ4n) is 4.37. The highest BCUT2D eigenvalue weighted by atomic mass is 16.5. The Balaban J connectivity index is 1.26. The van der Waals surface area contributed by atoms with Crippen LogP contribution in [0.2, 0.25) is 0 Å². The van der Waals surface area contributed by atoms with E-state index in [9.17, 15) is 14.4 Å². The van der Waals surface area contributed by atoms with Crippen molar-refractivity contribution in [3.05, 3.63) is 72.1 Å². The Hall–Kier alpha value is -4.14.